The maximum atomic E-state index is 13.8. The highest BCUT2D eigenvalue weighted by atomic mass is 35.5. The van der Waals surface area contributed by atoms with Crippen LogP contribution < -0.4 is 15.2 Å². The Kier molecular flexibility index (Phi) is 4.82. The molecule has 0 saturated carbocycles. The topological polar surface area (TPSA) is 44.5 Å². The number of ether oxygens (including phenoxy) is 2. The summed E-state index contributed by atoms with van der Waals surface area (Å²) in [5, 5.41) is 0.576. The van der Waals surface area contributed by atoms with E-state index in [4.69, 9.17) is 26.8 Å². The summed E-state index contributed by atoms with van der Waals surface area (Å²) in [5.74, 6) is 0.641. The lowest BCUT2D eigenvalue weighted by Crippen LogP contribution is -2.20. The maximum absolute atomic E-state index is 13.8. The predicted octanol–water partition coefficient (Wildman–Crippen LogP) is 3.57. The van der Waals surface area contributed by atoms with Crippen molar-refractivity contribution in [2.24, 2.45) is 5.73 Å². The van der Waals surface area contributed by atoms with E-state index in [2.05, 4.69) is 0 Å². The molecule has 2 N–H and O–H groups in total. The second-order valence-corrected chi connectivity index (χ2v) is 4.70. The minimum atomic E-state index is -0.570. The van der Waals surface area contributed by atoms with Crippen LogP contribution in [0.5, 0.6) is 11.5 Å². The number of benzene rings is 2. The van der Waals surface area contributed by atoms with Gasteiger partial charge in [-0.15, -0.1) is 0 Å². The zero-order valence-corrected chi connectivity index (χ0v) is 11.7. The molecule has 2 aromatic rings. The number of nitrogens with two attached hydrogens (primary N) is 1. The second-order valence-electron chi connectivity index (χ2n) is 4.26. The first kappa shape index (κ1) is 14.6. The summed E-state index contributed by atoms with van der Waals surface area (Å²) in [5.41, 5.74) is 6.32. The standard InChI is InChI=1S/C15H15ClFNO2/c1-19-11-5-6-13(14(17)8-11)15(18)9-20-12-4-2-3-10(16)7-12/h2-8,15H,9,18H2,1H3. The number of hydrogen-bond acceptors (Lipinski definition) is 3. The van der Waals surface area contributed by atoms with Crippen molar-refractivity contribution >= 4 is 11.6 Å². The van der Waals surface area contributed by atoms with Gasteiger partial charge in [-0.3, -0.25) is 0 Å². The highest BCUT2D eigenvalue weighted by Crippen LogP contribution is 2.22. The van der Waals surface area contributed by atoms with Crippen LogP contribution in [0.1, 0.15) is 11.6 Å². The monoisotopic (exact) mass is 295 g/mol. The molecular formula is C15H15ClFNO2. The van der Waals surface area contributed by atoms with E-state index >= 15 is 0 Å². The minimum Gasteiger partial charge on any atom is -0.497 e. The molecule has 0 fully saturated rings. The van der Waals surface area contributed by atoms with Gasteiger partial charge in [-0.05, 0) is 24.3 Å². The number of halogens is 2. The van der Waals surface area contributed by atoms with Crippen LogP contribution in [0.15, 0.2) is 42.5 Å². The van der Waals surface area contributed by atoms with E-state index in [0.717, 1.165) is 0 Å². The van der Waals surface area contributed by atoms with Crippen molar-refractivity contribution in [1.82, 2.24) is 0 Å². The summed E-state index contributed by atoms with van der Waals surface area (Å²) >= 11 is 5.85. The lowest BCUT2D eigenvalue weighted by molar-refractivity contribution is 0.287. The van der Waals surface area contributed by atoms with Crippen molar-refractivity contribution in [3.05, 3.63) is 58.9 Å². The lowest BCUT2D eigenvalue weighted by atomic mass is 10.1. The third kappa shape index (κ3) is 3.62. The highest BCUT2D eigenvalue weighted by Gasteiger charge is 2.13. The molecule has 1 atom stereocenters. The third-order valence-electron chi connectivity index (χ3n) is 2.83. The van der Waals surface area contributed by atoms with E-state index in [-0.39, 0.29) is 6.61 Å². The molecule has 3 nitrogen and oxygen atoms in total. The highest BCUT2D eigenvalue weighted by molar-refractivity contribution is 6.30. The summed E-state index contributed by atoms with van der Waals surface area (Å²) in [6.07, 6.45) is 0. The van der Waals surface area contributed by atoms with E-state index in [1.165, 1.54) is 13.2 Å². The van der Waals surface area contributed by atoms with Crippen molar-refractivity contribution < 1.29 is 13.9 Å². The molecule has 0 spiro atoms. The van der Waals surface area contributed by atoms with E-state index in [1.54, 1.807) is 36.4 Å². The molecule has 20 heavy (non-hydrogen) atoms. The summed E-state index contributed by atoms with van der Waals surface area (Å²) in [7, 11) is 1.48. The van der Waals surface area contributed by atoms with Crippen LogP contribution >= 0.6 is 11.6 Å². The fourth-order valence-electron chi connectivity index (χ4n) is 1.77. The molecule has 106 valence electrons. The molecule has 0 radical (unpaired) electrons. The van der Waals surface area contributed by atoms with Crippen molar-refractivity contribution in [2.45, 2.75) is 6.04 Å². The largest absolute Gasteiger partial charge is 0.497 e. The molecule has 2 rings (SSSR count). The smallest absolute Gasteiger partial charge is 0.131 e. The molecule has 2 aromatic carbocycles. The van der Waals surface area contributed by atoms with Crippen LogP contribution in [0.4, 0.5) is 4.39 Å². The van der Waals surface area contributed by atoms with Crippen molar-refractivity contribution in [3.8, 4) is 11.5 Å². The molecule has 0 aromatic heterocycles. The van der Waals surface area contributed by atoms with Crippen LogP contribution in [-0.4, -0.2) is 13.7 Å². The molecule has 0 aliphatic heterocycles. The quantitative estimate of drug-likeness (QED) is 0.917. The lowest BCUT2D eigenvalue weighted by Gasteiger charge is -2.15. The minimum absolute atomic E-state index is 0.156. The van der Waals surface area contributed by atoms with Gasteiger partial charge in [-0.2, -0.15) is 0 Å². The molecule has 5 heteroatoms. The van der Waals surface area contributed by atoms with Gasteiger partial charge in [-0.25, -0.2) is 4.39 Å². The predicted molar refractivity (Wildman–Crippen MR) is 76.8 cm³/mol. The van der Waals surface area contributed by atoms with Gasteiger partial charge in [0.15, 0.2) is 0 Å². The van der Waals surface area contributed by atoms with E-state index < -0.39 is 11.9 Å². The van der Waals surface area contributed by atoms with Crippen LogP contribution in [0.25, 0.3) is 0 Å². The molecule has 0 aliphatic rings. The van der Waals surface area contributed by atoms with Gasteiger partial charge in [0.2, 0.25) is 0 Å². The molecule has 0 aliphatic carbocycles. The van der Waals surface area contributed by atoms with Crippen LogP contribution in [-0.2, 0) is 0 Å². The van der Waals surface area contributed by atoms with E-state index in [0.29, 0.717) is 22.1 Å². The Labute approximate surface area is 122 Å². The third-order valence-corrected chi connectivity index (χ3v) is 3.07. The van der Waals surface area contributed by atoms with E-state index in [9.17, 15) is 4.39 Å². The molecular weight excluding hydrogens is 281 g/mol. The first-order chi connectivity index (χ1) is 9.60. The Morgan fingerprint density at radius 1 is 1.20 bits per heavy atom. The van der Waals surface area contributed by atoms with Crippen molar-refractivity contribution in [3.63, 3.8) is 0 Å². The molecule has 0 heterocycles. The molecule has 0 saturated heterocycles. The Balaban J connectivity index is 2.03. The molecule has 1 unspecified atom stereocenters. The van der Waals surface area contributed by atoms with Crippen molar-refractivity contribution in [2.75, 3.05) is 13.7 Å². The maximum Gasteiger partial charge on any atom is 0.131 e. The fourth-order valence-corrected chi connectivity index (χ4v) is 1.95. The van der Waals surface area contributed by atoms with Crippen LogP contribution in [0.2, 0.25) is 5.02 Å². The molecule has 0 bridgehead atoms. The summed E-state index contributed by atoms with van der Waals surface area (Å²) in [6.45, 7) is 0.156. The Hall–Kier alpha value is -1.78. The summed E-state index contributed by atoms with van der Waals surface area (Å²) in [6, 6.07) is 11.0. The number of methoxy groups -OCH3 is 1. The Morgan fingerprint density at radius 3 is 2.65 bits per heavy atom. The van der Waals surface area contributed by atoms with Gasteiger partial charge in [0, 0.05) is 16.7 Å². The average Bonchev–Trinajstić information content (AvgIpc) is 2.44. The number of hydrogen-bond donors (Lipinski definition) is 1. The SMILES string of the molecule is COc1ccc(C(N)COc2cccc(Cl)c2)c(F)c1. The average molecular weight is 296 g/mol. The summed E-state index contributed by atoms with van der Waals surface area (Å²) < 4.78 is 24.3. The zero-order valence-electron chi connectivity index (χ0n) is 11.0. The van der Waals surface area contributed by atoms with Gasteiger partial charge in [-0.1, -0.05) is 23.7 Å². The van der Waals surface area contributed by atoms with E-state index in [1.807, 2.05) is 0 Å². The van der Waals surface area contributed by atoms with Crippen LogP contribution in [0.3, 0.4) is 0 Å². The van der Waals surface area contributed by atoms with Gasteiger partial charge in [0.05, 0.1) is 13.2 Å². The normalized spacial score (nSPS) is 12.0. The van der Waals surface area contributed by atoms with Crippen LogP contribution in [0, 0.1) is 5.82 Å². The first-order valence-corrected chi connectivity index (χ1v) is 6.45. The Bertz CT molecular complexity index is 592. The second kappa shape index (κ2) is 6.59. The number of rotatable bonds is 5. The van der Waals surface area contributed by atoms with Crippen molar-refractivity contribution in [1.29, 1.82) is 0 Å². The Morgan fingerprint density at radius 2 is 2.00 bits per heavy atom. The van der Waals surface area contributed by atoms with Gasteiger partial charge in [0.25, 0.3) is 0 Å². The zero-order chi connectivity index (χ0) is 14.5. The van der Waals surface area contributed by atoms with Gasteiger partial charge < -0.3 is 15.2 Å². The summed E-state index contributed by atoms with van der Waals surface area (Å²) in [4.78, 5) is 0. The van der Waals surface area contributed by atoms with Gasteiger partial charge >= 0.3 is 0 Å². The molecule has 0 amide bonds. The van der Waals surface area contributed by atoms with Gasteiger partial charge in [0.1, 0.15) is 23.9 Å². The fraction of sp³-hybridized carbons (Fsp3) is 0.200. The first-order valence-electron chi connectivity index (χ1n) is 6.07.